The number of aromatic hydroxyl groups is 1. The molecule has 1 aromatic rings. The number of Topliss-reactive ketones (excluding diaryl/α,β-unsaturated/α-hetero) is 2. The maximum atomic E-state index is 13.7. The zero-order valence-electron chi connectivity index (χ0n) is 22.1. The molecule has 0 heterocycles. The molecule has 2 amide bonds. The number of carbonyl (C=O) groups excluding carboxylic acids is 4. The Balaban J connectivity index is 2.13. The van der Waals surface area contributed by atoms with E-state index in [0.29, 0.717) is 11.3 Å². The molecule has 0 aliphatic heterocycles. The highest BCUT2D eigenvalue weighted by Gasteiger charge is 2.42. The van der Waals surface area contributed by atoms with E-state index in [0.717, 1.165) is 0 Å². The van der Waals surface area contributed by atoms with Crippen molar-refractivity contribution in [2.24, 2.45) is 5.92 Å². The van der Waals surface area contributed by atoms with Gasteiger partial charge in [-0.25, -0.2) is 0 Å². The number of nitrogens with zero attached hydrogens (tertiary/aromatic N) is 2. The summed E-state index contributed by atoms with van der Waals surface area (Å²) >= 11 is 5.41. The number of ketones is 2. The number of nitrogens with one attached hydrogen (secondary N) is 2. The number of phenols is 1. The Hall–Kier alpha value is -3.61. The second kappa shape index (κ2) is 12.1. The first kappa shape index (κ1) is 29.9. The lowest BCUT2D eigenvalue weighted by atomic mass is 9.73. The van der Waals surface area contributed by atoms with Crippen molar-refractivity contribution in [1.29, 1.82) is 0 Å². The number of amides is 2. The first-order valence-electron chi connectivity index (χ1n) is 12.2. The van der Waals surface area contributed by atoms with Crippen molar-refractivity contribution in [3.63, 3.8) is 0 Å². The van der Waals surface area contributed by atoms with Gasteiger partial charge in [0.05, 0.1) is 30.8 Å². The standard InChI is InChI=1S/C26H33ClN4O8/c1-30(2)14-5-6-15(32)21-13(14)7-12-8-18(35)23(31(3)4)25(38)22(26(39)29-11-28-19(36)10-27)17(34)9-16(33)20(12)24(21)37/h5-6,12,18,23,32-33,35,38H,7-11H2,1-4H3,(H,28,36)(H,29,39)/b20-16-,25-22-/t12-,18-,23-/m0/s1. The molecule has 13 heteroatoms. The van der Waals surface area contributed by atoms with Gasteiger partial charge < -0.3 is 36.0 Å². The highest BCUT2D eigenvalue weighted by Crippen LogP contribution is 2.43. The van der Waals surface area contributed by atoms with Gasteiger partial charge in [-0.15, -0.1) is 11.6 Å². The minimum atomic E-state index is -1.38. The van der Waals surface area contributed by atoms with Crippen molar-refractivity contribution >= 4 is 40.7 Å². The van der Waals surface area contributed by atoms with Crippen molar-refractivity contribution in [1.82, 2.24) is 15.5 Å². The number of alkyl halides is 1. The zero-order chi connectivity index (χ0) is 29.2. The molecule has 39 heavy (non-hydrogen) atoms. The Kier molecular flexibility index (Phi) is 9.26. The highest BCUT2D eigenvalue weighted by molar-refractivity contribution is 6.27. The Bertz CT molecular complexity index is 1260. The normalized spacial score (nSPS) is 25.6. The van der Waals surface area contributed by atoms with Crippen LogP contribution in [0.25, 0.3) is 0 Å². The molecule has 3 rings (SSSR count). The van der Waals surface area contributed by atoms with Crippen LogP contribution in [0.4, 0.5) is 5.69 Å². The third kappa shape index (κ3) is 6.02. The number of benzene rings is 1. The van der Waals surface area contributed by atoms with E-state index in [1.165, 1.54) is 25.1 Å². The number of aliphatic hydroxyl groups is 3. The Morgan fingerprint density at radius 1 is 1.08 bits per heavy atom. The monoisotopic (exact) mass is 564 g/mol. The number of hydrogen-bond acceptors (Lipinski definition) is 10. The maximum absolute atomic E-state index is 13.7. The summed E-state index contributed by atoms with van der Waals surface area (Å²) in [4.78, 5) is 54.5. The predicted octanol–water partition coefficient (Wildman–Crippen LogP) is 0.520. The van der Waals surface area contributed by atoms with Crippen LogP contribution in [-0.2, 0) is 20.8 Å². The van der Waals surface area contributed by atoms with Crippen LogP contribution in [0.3, 0.4) is 0 Å². The fourth-order valence-corrected chi connectivity index (χ4v) is 5.25. The average Bonchev–Trinajstić information content (AvgIpc) is 2.82. The van der Waals surface area contributed by atoms with E-state index in [2.05, 4.69) is 10.6 Å². The lowest BCUT2D eigenvalue weighted by Gasteiger charge is -2.36. The molecule has 0 radical (unpaired) electrons. The largest absolute Gasteiger partial charge is 0.511 e. The van der Waals surface area contributed by atoms with Crippen LogP contribution in [-0.4, -0.2) is 102 Å². The van der Waals surface area contributed by atoms with Crippen molar-refractivity contribution in [3.05, 3.63) is 45.9 Å². The molecule has 0 fully saturated rings. The lowest BCUT2D eigenvalue weighted by Crippen LogP contribution is -2.46. The molecule has 0 saturated carbocycles. The van der Waals surface area contributed by atoms with Crippen LogP contribution in [0.1, 0.15) is 28.8 Å². The fraction of sp³-hybridized carbons (Fsp3) is 0.462. The molecular formula is C26H33ClN4O8. The second-order valence-electron chi connectivity index (χ2n) is 9.93. The maximum Gasteiger partial charge on any atom is 0.259 e. The molecule has 0 bridgehead atoms. The van der Waals surface area contributed by atoms with E-state index in [-0.39, 0.29) is 35.6 Å². The van der Waals surface area contributed by atoms with E-state index in [4.69, 9.17) is 11.6 Å². The van der Waals surface area contributed by atoms with E-state index >= 15 is 0 Å². The predicted molar refractivity (Wildman–Crippen MR) is 143 cm³/mol. The number of halogens is 1. The summed E-state index contributed by atoms with van der Waals surface area (Å²) < 4.78 is 0. The number of anilines is 1. The quantitative estimate of drug-likeness (QED) is 0.162. The smallest absolute Gasteiger partial charge is 0.259 e. The number of rotatable bonds is 6. The van der Waals surface area contributed by atoms with Gasteiger partial charge in [-0.05, 0) is 50.6 Å². The number of aliphatic hydroxyl groups excluding tert-OH is 3. The van der Waals surface area contributed by atoms with Crippen molar-refractivity contribution < 1.29 is 39.6 Å². The molecule has 0 spiro atoms. The Morgan fingerprint density at radius 2 is 1.74 bits per heavy atom. The van der Waals surface area contributed by atoms with E-state index in [1.807, 2.05) is 0 Å². The van der Waals surface area contributed by atoms with Crippen molar-refractivity contribution in [2.45, 2.75) is 31.4 Å². The molecule has 3 atom stereocenters. The number of phenolic OH excluding ortho intramolecular Hbond substituents is 1. The van der Waals surface area contributed by atoms with Gasteiger partial charge in [0.1, 0.15) is 28.7 Å². The van der Waals surface area contributed by atoms with Gasteiger partial charge in [0.25, 0.3) is 5.91 Å². The fourth-order valence-electron chi connectivity index (χ4n) is 5.16. The molecule has 12 nitrogen and oxygen atoms in total. The van der Waals surface area contributed by atoms with Gasteiger partial charge in [0.15, 0.2) is 11.6 Å². The number of fused-ring (bicyclic) bond motifs is 2. The molecule has 0 unspecified atom stereocenters. The summed E-state index contributed by atoms with van der Waals surface area (Å²) in [5, 5.41) is 48.5. The van der Waals surface area contributed by atoms with Crippen LogP contribution < -0.4 is 15.5 Å². The highest BCUT2D eigenvalue weighted by atomic mass is 35.5. The van der Waals surface area contributed by atoms with Gasteiger partial charge in [0, 0.05) is 25.4 Å². The molecule has 212 valence electrons. The summed E-state index contributed by atoms with van der Waals surface area (Å²) in [6, 6.07) is 1.81. The number of hydrogen-bond donors (Lipinski definition) is 6. The summed E-state index contributed by atoms with van der Waals surface area (Å²) in [7, 11) is 6.63. The minimum absolute atomic E-state index is 0.00598. The van der Waals surface area contributed by atoms with Crippen molar-refractivity contribution in [2.75, 3.05) is 45.6 Å². The Morgan fingerprint density at radius 3 is 2.33 bits per heavy atom. The summed E-state index contributed by atoms with van der Waals surface area (Å²) in [6.07, 6.45) is -2.13. The molecule has 1 aromatic carbocycles. The third-order valence-corrected chi connectivity index (χ3v) is 7.10. The van der Waals surface area contributed by atoms with E-state index in [9.17, 15) is 39.6 Å². The first-order valence-corrected chi connectivity index (χ1v) is 12.7. The van der Waals surface area contributed by atoms with E-state index in [1.54, 1.807) is 25.1 Å². The van der Waals surface area contributed by atoms with Crippen LogP contribution in [0, 0.1) is 5.92 Å². The second-order valence-corrected chi connectivity index (χ2v) is 10.2. The van der Waals surface area contributed by atoms with Gasteiger partial charge in [-0.3, -0.25) is 24.1 Å². The number of likely N-dealkylation sites (N-methyl/N-ethyl adjacent to an activating group) is 1. The molecule has 6 N–H and O–H groups in total. The molecule has 2 aliphatic rings. The van der Waals surface area contributed by atoms with Crippen LogP contribution >= 0.6 is 11.6 Å². The first-order chi connectivity index (χ1) is 18.3. The third-order valence-electron chi connectivity index (χ3n) is 6.86. The average molecular weight is 565 g/mol. The molecular weight excluding hydrogens is 532 g/mol. The number of carbonyl (C=O) groups is 4. The van der Waals surface area contributed by atoms with Crippen LogP contribution in [0.5, 0.6) is 5.75 Å². The van der Waals surface area contributed by atoms with Gasteiger partial charge in [0.2, 0.25) is 5.91 Å². The lowest BCUT2D eigenvalue weighted by molar-refractivity contribution is -0.123. The Labute approximate surface area is 230 Å². The van der Waals surface area contributed by atoms with Crippen molar-refractivity contribution in [3.8, 4) is 5.75 Å². The summed E-state index contributed by atoms with van der Waals surface area (Å²) in [5.74, 6) is -6.09. The van der Waals surface area contributed by atoms with Gasteiger partial charge in [-0.1, -0.05) is 0 Å². The minimum Gasteiger partial charge on any atom is -0.511 e. The van der Waals surface area contributed by atoms with Crippen LogP contribution in [0.15, 0.2) is 34.8 Å². The van der Waals surface area contributed by atoms with E-state index < -0.39 is 71.6 Å². The van der Waals surface area contributed by atoms with Gasteiger partial charge in [-0.2, -0.15) is 0 Å². The molecule has 2 aliphatic carbocycles. The molecule has 0 saturated heterocycles. The molecule has 0 aromatic heterocycles. The SMILES string of the molecule is CN(C)c1ccc(O)c2c1C[C@H]1C[C@H](O)[C@H](N(C)C)/C(O)=C(/C(=O)NCNC(=O)CCl)C(=O)C/C(O)=C\1C2=O. The zero-order valence-corrected chi connectivity index (χ0v) is 22.9. The topological polar surface area (TPSA) is 180 Å². The summed E-state index contributed by atoms with van der Waals surface area (Å²) in [5.41, 5.74) is 0.314. The van der Waals surface area contributed by atoms with Gasteiger partial charge >= 0.3 is 0 Å². The van der Waals surface area contributed by atoms with Crippen LogP contribution in [0.2, 0.25) is 0 Å². The number of allylic oxidation sites excluding steroid dienone is 2. The summed E-state index contributed by atoms with van der Waals surface area (Å²) in [6.45, 7) is -0.401.